The SMILES string of the molecule is Cc1ccc(Cn2cc(C)nc2NCC(C)C)cn1. The van der Waals surface area contributed by atoms with Crippen LogP contribution in [0.15, 0.2) is 24.5 Å². The first-order chi connectivity index (χ1) is 9.04. The maximum absolute atomic E-state index is 4.53. The fraction of sp³-hybridized carbons (Fsp3) is 0.467. The monoisotopic (exact) mass is 258 g/mol. The van der Waals surface area contributed by atoms with Gasteiger partial charge < -0.3 is 9.88 Å². The Hall–Kier alpha value is -1.84. The highest BCUT2D eigenvalue weighted by Gasteiger charge is 2.06. The Morgan fingerprint density at radius 1 is 1.21 bits per heavy atom. The number of rotatable bonds is 5. The Balaban J connectivity index is 2.12. The molecule has 19 heavy (non-hydrogen) atoms. The lowest BCUT2D eigenvalue weighted by atomic mass is 10.2. The third-order valence-corrected chi connectivity index (χ3v) is 2.89. The lowest BCUT2D eigenvalue weighted by Gasteiger charge is -2.11. The molecule has 0 radical (unpaired) electrons. The van der Waals surface area contributed by atoms with E-state index in [1.165, 1.54) is 5.56 Å². The lowest BCUT2D eigenvalue weighted by molar-refractivity contribution is 0.676. The van der Waals surface area contributed by atoms with E-state index in [9.17, 15) is 0 Å². The number of aromatic nitrogens is 3. The Morgan fingerprint density at radius 2 is 2.00 bits per heavy atom. The van der Waals surface area contributed by atoms with Gasteiger partial charge in [0.2, 0.25) is 5.95 Å². The molecule has 0 unspecified atom stereocenters. The Labute approximate surface area is 114 Å². The second-order valence-electron chi connectivity index (χ2n) is 5.42. The molecule has 2 aromatic rings. The summed E-state index contributed by atoms with van der Waals surface area (Å²) in [5.74, 6) is 1.54. The van der Waals surface area contributed by atoms with E-state index in [0.29, 0.717) is 5.92 Å². The van der Waals surface area contributed by atoms with Gasteiger partial charge in [-0.1, -0.05) is 19.9 Å². The van der Waals surface area contributed by atoms with Crippen molar-refractivity contribution in [2.75, 3.05) is 11.9 Å². The molecule has 2 heterocycles. The summed E-state index contributed by atoms with van der Waals surface area (Å²) in [6.45, 7) is 10.1. The first kappa shape index (κ1) is 13.6. The van der Waals surface area contributed by atoms with Crippen molar-refractivity contribution in [3.63, 3.8) is 0 Å². The molecule has 0 aliphatic heterocycles. The molecule has 4 nitrogen and oxygen atoms in total. The van der Waals surface area contributed by atoms with Crippen molar-refractivity contribution in [1.29, 1.82) is 0 Å². The summed E-state index contributed by atoms with van der Waals surface area (Å²) in [5.41, 5.74) is 3.27. The molecular weight excluding hydrogens is 236 g/mol. The summed E-state index contributed by atoms with van der Waals surface area (Å²) < 4.78 is 2.14. The van der Waals surface area contributed by atoms with Crippen LogP contribution in [-0.2, 0) is 6.54 Å². The normalized spacial score (nSPS) is 11.0. The van der Waals surface area contributed by atoms with E-state index in [0.717, 1.165) is 30.4 Å². The van der Waals surface area contributed by atoms with E-state index in [-0.39, 0.29) is 0 Å². The van der Waals surface area contributed by atoms with Gasteiger partial charge in [0.1, 0.15) is 0 Å². The predicted molar refractivity (Wildman–Crippen MR) is 78.4 cm³/mol. The highest BCUT2D eigenvalue weighted by molar-refractivity contribution is 5.30. The topological polar surface area (TPSA) is 42.7 Å². The minimum Gasteiger partial charge on any atom is -0.355 e. The van der Waals surface area contributed by atoms with Crippen molar-refractivity contribution in [3.8, 4) is 0 Å². The fourth-order valence-electron chi connectivity index (χ4n) is 1.89. The number of aryl methyl sites for hydroxylation is 2. The number of imidazole rings is 1. The lowest BCUT2D eigenvalue weighted by Crippen LogP contribution is -2.13. The van der Waals surface area contributed by atoms with Crippen LogP contribution in [0.2, 0.25) is 0 Å². The highest BCUT2D eigenvalue weighted by atomic mass is 15.2. The zero-order valence-electron chi connectivity index (χ0n) is 12.1. The first-order valence-electron chi connectivity index (χ1n) is 6.74. The summed E-state index contributed by atoms with van der Waals surface area (Å²) >= 11 is 0. The van der Waals surface area contributed by atoms with Gasteiger partial charge in [0.15, 0.2) is 0 Å². The predicted octanol–water partition coefficient (Wildman–Crippen LogP) is 3.01. The van der Waals surface area contributed by atoms with Crippen molar-refractivity contribution in [3.05, 3.63) is 41.5 Å². The maximum atomic E-state index is 4.53. The van der Waals surface area contributed by atoms with Crippen molar-refractivity contribution in [2.45, 2.75) is 34.2 Å². The molecule has 0 aromatic carbocycles. The van der Waals surface area contributed by atoms with Crippen LogP contribution in [0.25, 0.3) is 0 Å². The maximum Gasteiger partial charge on any atom is 0.203 e. The summed E-state index contributed by atoms with van der Waals surface area (Å²) in [6.07, 6.45) is 4.00. The summed E-state index contributed by atoms with van der Waals surface area (Å²) in [4.78, 5) is 8.86. The summed E-state index contributed by atoms with van der Waals surface area (Å²) in [7, 11) is 0. The molecule has 1 N–H and O–H groups in total. The van der Waals surface area contributed by atoms with Crippen LogP contribution in [0.4, 0.5) is 5.95 Å². The molecule has 0 spiro atoms. The van der Waals surface area contributed by atoms with Crippen molar-refractivity contribution < 1.29 is 0 Å². The minimum atomic E-state index is 0.603. The van der Waals surface area contributed by atoms with E-state index in [4.69, 9.17) is 0 Å². The molecule has 102 valence electrons. The largest absolute Gasteiger partial charge is 0.355 e. The van der Waals surface area contributed by atoms with Crippen LogP contribution in [0, 0.1) is 19.8 Å². The zero-order valence-corrected chi connectivity index (χ0v) is 12.1. The Bertz CT molecular complexity index is 526. The molecule has 0 aliphatic carbocycles. The molecule has 0 amide bonds. The molecule has 0 bridgehead atoms. The van der Waals surface area contributed by atoms with Gasteiger partial charge in [-0.25, -0.2) is 4.98 Å². The third kappa shape index (κ3) is 3.81. The van der Waals surface area contributed by atoms with Gasteiger partial charge in [0.05, 0.1) is 12.2 Å². The minimum absolute atomic E-state index is 0.603. The van der Waals surface area contributed by atoms with Gasteiger partial charge in [-0.3, -0.25) is 4.98 Å². The Morgan fingerprint density at radius 3 is 2.63 bits per heavy atom. The van der Waals surface area contributed by atoms with Crippen molar-refractivity contribution >= 4 is 5.95 Å². The number of nitrogens with zero attached hydrogens (tertiary/aromatic N) is 3. The quantitative estimate of drug-likeness (QED) is 0.896. The molecule has 0 fully saturated rings. The van der Waals surface area contributed by atoms with Crippen LogP contribution >= 0.6 is 0 Å². The fourth-order valence-corrected chi connectivity index (χ4v) is 1.89. The van der Waals surface area contributed by atoms with E-state index in [1.807, 2.05) is 26.1 Å². The van der Waals surface area contributed by atoms with Crippen LogP contribution in [0.3, 0.4) is 0 Å². The summed E-state index contributed by atoms with van der Waals surface area (Å²) in [5, 5.41) is 3.40. The molecule has 2 aromatic heterocycles. The second kappa shape index (κ2) is 5.87. The van der Waals surface area contributed by atoms with Crippen LogP contribution < -0.4 is 5.32 Å². The van der Waals surface area contributed by atoms with Crippen LogP contribution in [0.5, 0.6) is 0 Å². The van der Waals surface area contributed by atoms with Gasteiger partial charge in [0.25, 0.3) is 0 Å². The number of pyridine rings is 1. The Kier molecular flexibility index (Phi) is 4.20. The number of hydrogen-bond donors (Lipinski definition) is 1. The molecule has 4 heteroatoms. The third-order valence-electron chi connectivity index (χ3n) is 2.89. The van der Waals surface area contributed by atoms with Crippen molar-refractivity contribution in [2.24, 2.45) is 5.92 Å². The standard InChI is InChI=1S/C15H22N4/c1-11(2)7-17-15-18-13(4)9-19(15)10-14-6-5-12(3)16-8-14/h5-6,8-9,11H,7,10H2,1-4H3,(H,17,18). The average molecular weight is 258 g/mol. The van der Waals surface area contributed by atoms with Gasteiger partial charge in [-0.2, -0.15) is 0 Å². The zero-order chi connectivity index (χ0) is 13.8. The number of nitrogens with one attached hydrogen (secondary N) is 1. The summed E-state index contributed by atoms with van der Waals surface area (Å²) in [6, 6.07) is 4.16. The van der Waals surface area contributed by atoms with Crippen molar-refractivity contribution in [1.82, 2.24) is 14.5 Å². The molecule has 2 rings (SSSR count). The van der Waals surface area contributed by atoms with Gasteiger partial charge in [-0.15, -0.1) is 0 Å². The van der Waals surface area contributed by atoms with Crippen LogP contribution in [0.1, 0.15) is 30.8 Å². The number of hydrogen-bond acceptors (Lipinski definition) is 3. The second-order valence-corrected chi connectivity index (χ2v) is 5.42. The van der Waals surface area contributed by atoms with E-state index in [2.05, 4.69) is 46.0 Å². The van der Waals surface area contributed by atoms with E-state index in [1.54, 1.807) is 0 Å². The van der Waals surface area contributed by atoms with E-state index < -0.39 is 0 Å². The van der Waals surface area contributed by atoms with Crippen LogP contribution in [-0.4, -0.2) is 21.1 Å². The highest BCUT2D eigenvalue weighted by Crippen LogP contribution is 2.12. The molecule has 0 saturated heterocycles. The number of anilines is 1. The molecule has 0 saturated carbocycles. The average Bonchev–Trinajstić information content (AvgIpc) is 2.70. The molecule has 0 atom stereocenters. The van der Waals surface area contributed by atoms with E-state index >= 15 is 0 Å². The van der Waals surface area contributed by atoms with Gasteiger partial charge in [-0.05, 0) is 31.4 Å². The first-order valence-corrected chi connectivity index (χ1v) is 6.74. The van der Waals surface area contributed by atoms with Gasteiger partial charge in [0, 0.05) is 24.6 Å². The van der Waals surface area contributed by atoms with Gasteiger partial charge >= 0.3 is 0 Å². The molecular formula is C15H22N4. The smallest absolute Gasteiger partial charge is 0.203 e. The molecule has 0 aliphatic rings.